The van der Waals surface area contributed by atoms with Crippen molar-refractivity contribution >= 4 is 39.2 Å². The fourth-order valence-electron chi connectivity index (χ4n) is 5.22. The maximum absolute atomic E-state index is 14.2. The summed E-state index contributed by atoms with van der Waals surface area (Å²) in [6.45, 7) is 7.83. The van der Waals surface area contributed by atoms with Crippen molar-refractivity contribution in [1.29, 1.82) is 0 Å². The fraction of sp³-hybridized carbons (Fsp3) is 0.444. The average molecular weight is 554 g/mol. The lowest BCUT2D eigenvalue weighted by Crippen LogP contribution is -2.54. The molecular weight excluding hydrogens is 519 g/mol. The number of rotatable bonds is 7. The Kier molecular flexibility index (Phi) is 10.0. The third kappa shape index (κ3) is 7.33. The lowest BCUT2D eigenvalue weighted by atomic mass is 9.70. The quantitative estimate of drug-likeness (QED) is 0.348. The van der Waals surface area contributed by atoms with Crippen LogP contribution in [0.5, 0.6) is 0 Å². The number of hydrogen-bond donors (Lipinski definition) is 1. The number of piperidine rings is 1. The third-order valence-corrected chi connectivity index (χ3v) is 7.57. The predicted octanol–water partition coefficient (Wildman–Crippen LogP) is 5.77. The zero-order valence-electron chi connectivity index (χ0n) is 20.6. The molecule has 2 aliphatic rings. The summed E-state index contributed by atoms with van der Waals surface area (Å²) in [6.07, 6.45) is 7.37. The number of carbonyl (C=O) groups excluding carboxylic acids is 1. The van der Waals surface area contributed by atoms with Crippen molar-refractivity contribution in [1.82, 2.24) is 9.80 Å². The normalized spacial score (nSPS) is 21.6. The summed E-state index contributed by atoms with van der Waals surface area (Å²) in [5.74, 6) is 0.171. The highest BCUT2D eigenvalue weighted by atomic mass is 35.5. The van der Waals surface area contributed by atoms with Gasteiger partial charge in [-0.05, 0) is 68.5 Å². The molecule has 1 N–H and O–H groups in total. The van der Waals surface area contributed by atoms with Gasteiger partial charge in [-0.15, -0.1) is 6.58 Å². The summed E-state index contributed by atoms with van der Waals surface area (Å²) in [6, 6.07) is 16.1. The van der Waals surface area contributed by atoms with E-state index in [1.54, 1.807) is 6.07 Å². The molecular formula is C27H34Cl2N2O4S. The highest BCUT2D eigenvalue weighted by molar-refractivity contribution is 7.85. The monoisotopic (exact) mass is 552 g/mol. The number of nitrogens with zero attached hydrogens (tertiary/aromatic N) is 2. The van der Waals surface area contributed by atoms with Crippen LogP contribution in [0.3, 0.4) is 0 Å². The Hall–Kier alpha value is -1.90. The smallest absolute Gasteiger partial charge is 0.261 e. The molecule has 2 aliphatic heterocycles. The van der Waals surface area contributed by atoms with Crippen molar-refractivity contribution in [3.05, 3.63) is 82.4 Å². The molecule has 0 spiro atoms. The van der Waals surface area contributed by atoms with E-state index in [1.807, 2.05) is 24.3 Å². The number of halogens is 2. The summed E-state index contributed by atoms with van der Waals surface area (Å²) in [5, 5.41) is 1.000. The molecule has 36 heavy (non-hydrogen) atoms. The van der Waals surface area contributed by atoms with E-state index in [1.165, 1.54) is 18.4 Å². The van der Waals surface area contributed by atoms with Gasteiger partial charge in [-0.1, -0.05) is 65.7 Å². The van der Waals surface area contributed by atoms with Gasteiger partial charge in [0, 0.05) is 13.1 Å². The maximum atomic E-state index is 14.2. The van der Waals surface area contributed by atoms with E-state index in [0.717, 1.165) is 44.6 Å². The summed E-state index contributed by atoms with van der Waals surface area (Å²) in [7, 11) is -3.67. The van der Waals surface area contributed by atoms with Crippen molar-refractivity contribution < 1.29 is 17.8 Å². The number of amides is 1. The summed E-state index contributed by atoms with van der Waals surface area (Å²) < 4.78 is 25.9. The van der Waals surface area contributed by atoms with Crippen molar-refractivity contribution in [3.8, 4) is 0 Å². The van der Waals surface area contributed by atoms with E-state index in [4.69, 9.17) is 27.8 Å². The van der Waals surface area contributed by atoms with Crippen LogP contribution in [0.4, 0.5) is 0 Å². The second-order valence-electron chi connectivity index (χ2n) is 9.47. The summed E-state index contributed by atoms with van der Waals surface area (Å²) in [5.41, 5.74) is 1.49. The van der Waals surface area contributed by atoms with Crippen LogP contribution in [0.2, 0.25) is 10.0 Å². The number of carbonyl (C=O) groups is 1. The van der Waals surface area contributed by atoms with Crippen LogP contribution >= 0.6 is 23.2 Å². The van der Waals surface area contributed by atoms with Crippen LogP contribution in [0, 0.1) is 0 Å². The van der Waals surface area contributed by atoms with E-state index < -0.39 is 15.5 Å². The van der Waals surface area contributed by atoms with Crippen molar-refractivity contribution in [3.63, 3.8) is 0 Å². The van der Waals surface area contributed by atoms with E-state index in [-0.39, 0.29) is 11.9 Å². The molecule has 2 aromatic carbocycles. The number of allylic oxidation sites excluding steroid dienone is 1. The van der Waals surface area contributed by atoms with Gasteiger partial charge in [0.1, 0.15) is 0 Å². The van der Waals surface area contributed by atoms with Gasteiger partial charge in [-0.2, -0.15) is 8.42 Å². The van der Waals surface area contributed by atoms with E-state index in [2.05, 4.69) is 40.6 Å². The van der Waals surface area contributed by atoms with E-state index >= 15 is 0 Å². The lowest BCUT2D eigenvalue weighted by molar-refractivity contribution is -0.144. The third-order valence-electron chi connectivity index (χ3n) is 6.83. The summed E-state index contributed by atoms with van der Waals surface area (Å²) in [4.78, 5) is 18.8. The first-order valence-electron chi connectivity index (χ1n) is 12.1. The Morgan fingerprint density at radius 2 is 1.69 bits per heavy atom. The van der Waals surface area contributed by atoms with Gasteiger partial charge < -0.3 is 9.80 Å². The number of hydrogen-bond acceptors (Lipinski definition) is 4. The minimum Gasteiger partial charge on any atom is -0.334 e. The minimum atomic E-state index is -3.67. The molecule has 0 aliphatic carbocycles. The lowest BCUT2D eigenvalue weighted by Gasteiger charge is -2.46. The SMILES string of the molecule is C=CCC1(c2ccc(Cl)c(Cl)c2)CCCN(C(CN2CCCC2)c2ccccc2)C1=O.CS(=O)(=O)O. The Morgan fingerprint density at radius 1 is 1.06 bits per heavy atom. The van der Waals surface area contributed by atoms with Crippen molar-refractivity contribution in [2.24, 2.45) is 0 Å². The molecule has 9 heteroatoms. The van der Waals surface area contributed by atoms with Crippen LogP contribution in [-0.2, 0) is 20.3 Å². The molecule has 0 bridgehead atoms. The van der Waals surface area contributed by atoms with Crippen LogP contribution in [0.25, 0.3) is 0 Å². The predicted molar refractivity (Wildman–Crippen MR) is 146 cm³/mol. The first-order valence-corrected chi connectivity index (χ1v) is 14.7. The molecule has 2 aromatic rings. The fourth-order valence-corrected chi connectivity index (χ4v) is 5.51. The van der Waals surface area contributed by atoms with Gasteiger partial charge in [-0.25, -0.2) is 0 Å². The van der Waals surface area contributed by atoms with Gasteiger partial charge >= 0.3 is 0 Å². The zero-order valence-corrected chi connectivity index (χ0v) is 22.9. The molecule has 2 unspecified atom stereocenters. The van der Waals surface area contributed by atoms with Gasteiger partial charge in [0.2, 0.25) is 5.91 Å². The molecule has 0 radical (unpaired) electrons. The molecule has 1 amide bonds. The van der Waals surface area contributed by atoms with Crippen LogP contribution in [0.1, 0.15) is 49.3 Å². The molecule has 6 nitrogen and oxygen atoms in total. The molecule has 0 aromatic heterocycles. The Labute approximate surface area is 224 Å². The molecule has 0 saturated carbocycles. The highest BCUT2D eigenvalue weighted by Gasteiger charge is 2.46. The van der Waals surface area contributed by atoms with E-state index in [0.29, 0.717) is 22.7 Å². The van der Waals surface area contributed by atoms with E-state index in [9.17, 15) is 13.2 Å². The standard InChI is InChI=1S/C26H30Cl2N2O.CH4O3S/c1-2-13-26(21-11-12-22(27)23(28)18-21)14-8-17-30(25(26)31)24(19-29-15-6-7-16-29)20-9-4-3-5-10-20;1-5(2,3)4/h2-5,9-12,18,24H,1,6-8,13-17,19H2;1H3,(H,2,3,4). The second kappa shape index (κ2) is 12.6. The average Bonchev–Trinajstić information content (AvgIpc) is 3.34. The molecule has 2 atom stereocenters. The minimum absolute atomic E-state index is 0.0408. The topological polar surface area (TPSA) is 77.9 Å². The first-order chi connectivity index (χ1) is 17.0. The Bertz CT molecular complexity index is 1150. The molecule has 2 fully saturated rings. The van der Waals surface area contributed by atoms with Crippen LogP contribution in [-0.4, -0.2) is 61.1 Å². The second-order valence-corrected chi connectivity index (χ2v) is 11.8. The summed E-state index contributed by atoms with van der Waals surface area (Å²) >= 11 is 12.5. The number of benzene rings is 2. The van der Waals surface area contributed by atoms with Crippen molar-refractivity contribution in [2.75, 3.05) is 32.4 Å². The van der Waals surface area contributed by atoms with Crippen LogP contribution < -0.4 is 0 Å². The van der Waals surface area contributed by atoms with Gasteiger partial charge in [0.25, 0.3) is 10.1 Å². The number of likely N-dealkylation sites (tertiary alicyclic amines) is 2. The van der Waals surface area contributed by atoms with Gasteiger partial charge in [0.15, 0.2) is 0 Å². The van der Waals surface area contributed by atoms with Gasteiger partial charge in [-0.3, -0.25) is 9.35 Å². The largest absolute Gasteiger partial charge is 0.334 e. The van der Waals surface area contributed by atoms with Gasteiger partial charge in [0.05, 0.1) is 27.8 Å². The zero-order chi connectivity index (χ0) is 26.3. The molecule has 4 rings (SSSR count). The maximum Gasteiger partial charge on any atom is 0.261 e. The molecule has 2 heterocycles. The Balaban J connectivity index is 0.000000658. The highest BCUT2D eigenvalue weighted by Crippen LogP contribution is 2.43. The Morgan fingerprint density at radius 3 is 2.28 bits per heavy atom. The molecule has 2 saturated heterocycles. The molecule has 196 valence electrons. The first kappa shape index (κ1) is 28.7. The van der Waals surface area contributed by atoms with Crippen molar-refractivity contribution in [2.45, 2.75) is 43.6 Å². The van der Waals surface area contributed by atoms with Crippen LogP contribution in [0.15, 0.2) is 61.2 Å².